The van der Waals surface area contributed by atoms with Gasteiger partial charge in [-0.05, 0) is 33.4 Å². The van der Waals surface area contributed by atoms with Crippen LogP contribution < -0.4 is 5.32 Å². The summed E-state index contributed by atoms with van der Waals surface area (Å²) in [5.74, 6) is 0. The van der Waals surface area contributed by atoms with Crippen LogP contribution in [0.1, 0.15) is 27.2 Å². The first-order valence-electron chi connectivity index (χ1n) is 4.63. The van der Waals surface area contributed by atoms with Gasteiger partial charge in [0.2, 0.25) is 0 Å². The van der Waals surface area contributed by atoms with Gasteiger partial charge < -0.3 is 15.2 Å². The molecular weight excluding hydrogens is 182 g/mol. The number of hydrogen-bond acceptors (Lipinski definition) is 4. The number of rotatable bonds is 1. The molecule has 1 aliphatic rings. The van der Waals surface area contributed by atoms with Crippen molar-refractivity contribution in [1.29, 1.82) is 0 Å². The second-order valence-corrected chi connectivity index (χ2v) is 4.03. The van der Waals surface area contributed by atoms with Crippen LogP contribution in [-0.4, -0.2) is 29.8 Å². The van der Waals surface area contributed by atoms with Gasteiger partial charge in [-0.15, -0.1) is 0 Å². The summed E-state index contributed by atoms with van der Waals surface area (Å²) in [4.78, 5) is 9.60. The van der Waals surface area contributed by atoms with E-state index < -0.39 is 0 Å². The van der Waals surface area contributed by atoms with Crippen LogP contribution in [0.3, 0.4) is 0 Å². The molecule has 0 saturated carbocycles. The Labute approximate surface area is 85.0 Å². The molecular formula is C10H19NO3. The number of ether oxygens (including phenoxy) is 1. The number of β-amino-alcohol motifs (C(OH)–C–C–N with tert-alkyl or cyclic N) is 1. The van der Waals surface area contributed by atoms with Crippen molar-refractivity contribution in [3.63, 3.8) is 0 Å². The first kappa shape index (κ1) is 13.0. The summed E-state index contributed by atoms with van der Waals surface area (Å²) in [6.07, 6.45) is 4.43. The van der Waals surface area contributed by atoms with E-state index in [1.54, 1.807) is 0 Å². The Morgan fingerprint density at radius 2 is 2.21 bits per heavy atom. The second-order valence-electron chi connectivity index (χ2n) is 4.03. The summed E-state index contributed by atoms with van der Waals surface area (Å²) in [6, 6.07) is 0. The summed E-state index contributed by atoms with van der Waals surface area (Å²) in [5, 5.41) is 11.7. The SMILES string of the molecule is CC(C)(C)OC=O.O[C@H]1CC=CNC1. The number of aliphatic hydroxyl groups is 1. The molecule has 1 rings (SSSR count). The Balaban J connectivity index is 0.000000241. The summed E-state index contributed by atoms with van der Waals surface area (Å²) in [5.41, 5.74) is -0.318. The van der Waals surface area contributed by atoms with Crippen molar-refractivity contribution >= 4 is 6.47 Å². The van der Waals surface area contributed by atoms with Crippen LogP contribution in [0.4, 0.5) is 0 Å². The molecule has 4 heteroatoms. The van der Waals surface area contributed by atoms with Crippen LogP contribution in [0.15, 0.2) is 12.3 Å². The van der Waals surface area contributed by atoms with Gasteiger partial charge in [0.15, 0.2) is 0 Å². The van der Waals surface area contributed by atoms with Crippen molar-refractivity contribution < 1.29 is 14.6 Å². The van der Waals surface area contributed by atoms with Crippen LogP contribution in [-0.2, 0) is 9.53 Å². The smallest absolute Gasteiger partial charge is 0.293 e. The molecule has 0 amide bonds. The maximum atomic E-state index is 9.60. The molecule has 4 nitrogen and oxygen atoms in total. The van der Waals surface area contributed by atoms with Crippen molar-refractivity contribution in [2.24, 2.45) is 0 Å². The summed E-state index contributed by atoms with van der Waals surface area (Å²) in [7, 11) is 0. The predicted octanol–water partition coefficient (Wildman–Crippen LogP) is 0.812. The van der Waals surface area contributed by atoms with E-state index in [2.05, 4.69) is 10.1 Å². The molecule has 14 heavy (non-hydrogen) atoms. The zero-order valence-corrected chi connectivity index (χ0v) is 8.99. The van der Waals surface area contributed by atoms with Crippen molar-refractivity contribution in [3.8, 4) is 0 Å². The van der Waals surface area contributed by atoms with Crippen molar-refractivity contribution in [3.05, 3.63) is 12.3 Å². The first-order chi connectivity index (χ1) is 6.45. The minimum absolute atomic E-state index is 0.162. The van der Waals surface area contributed by atoms with E-state index >= 15 is 0 Å². The molecule has 82 valence electrons. The van der Waals surface area contributed by atoms with Crippen LogP contribution in [0.5, 0.6) is 0 Å². The fourth-order valence-corrected chi connectivity index (χ4v) is 0.740. The van der Waals surface area contributed by atoms with E-state index in [1.807, 2.05) is 33.0 Å². The Morgan fingerprint density at radius 3 is 2.36 bits per heavy atom. The van der Waals surface area contributed by atoms with Gasteiger partial charge in [0.05, 0.1) is 6.10 Å². The maximum absolute atomic E-state index is 9.60. The molecule has 1 heterocycles. The van der Waals surface area contributed by atoms with Gasteiger partial charge in [0.25, 0.3) is 6.47 Å². The Bertz CT molecular complexity index is 184. The quantitative estimate of drug-likeness (QED) is 0.616. The first-order valence-corrected chi connectivity index (χ1v) is 4.63. The van der Waals surface area contributed by atoms with Crippen molar-refractivity contribution in [2.45, 2.75) is 38.9 Å². The summed E-state index contributed by atoms with van der Waals surface area (Å²) >= 11 is 0. The van der Waals surface area contributed by atoms with Gasteiger partial charge in [-0.3, -0.25) is 4.79 Å². The average molecular weight is 201 g/mol. The van der Waals surface area contributed by atoms with Crippen LogP contribution in [0.25, 0.3) is 0 Å². The molecule has 2 N–H and O–H groups in total. The van der Waals surface area contributed by atoms with Gasteiger partial charge in [0.1, 0.15) is 5.60 Å². The normalized spacial score (nSPS) is 20.1. The van der Waals surface area contributed by atoms with Crippen LogP contribution >= 0.6 is 0 Å². The fourth-order valence-electron chi connectivity index (χ4n) is 0.740. The zero-order valence-electron chi connectivity index (χ0n) is 8.99. The molecule has 0 unspecified atom stereocenters. The molecule has 0 aromatic heterocycles. The number of aliphatic hydroxyl groups excluding tert-OH is 1. The van der Waals surface area contributed by atoms with E-state index in [4.69, 9.17) is 5.11 Å². The summed E-state index contributed by atoms with van der Waals surface area (Å²) in [6.45, 7) is 6.63. The van der Waals surface area contributed by atoms with E-state index in [0.717, 1.165) is 6.42 Å². The average Bonchev–Trinajstić information content (AvgIpc) is 2.04. The third kappa shape index (κ3) is 9.06. The van der Waals surface area contributed by atoms with Gasteiger partial charge in [-0.25, -0.2) is 0 Å². The Hall–Kier alpha value is -1.03. The minimum Gasteiger partial charge on any atom is -0.462 e. The monoisotopic (exact) mass is 201 g/mol. The Kier molecular flexibility index (Phi) is 5.95. The van der Waals surface area contributed by atoms with Gasteiger partial charge in [0, 0.05) is 6.54 Å². The molecule has 0 fully saturated rings. The van der Waals surface area contributed by atoms with Crippen molar-refractivity contribution in [2.75, 3.05) is 6.54 Å². The third-order valence-electron chi connectivity index (χ3n) is 1.40. The molecule has 0 aromatic rings. The second kappa shape index (κ2) is 6.43. The van der Waals surface area contributed by atoms with E-state index in [1.165, 1.54) is 0 Å². The third-order valence-corrected chi connectivity index (χ3v) is 1.40. The van der Waals surface area contributed by atoms with E-state index in [0.29, 0.717) is 13.0 Å². The highest BCUT2D eigenvalue weighted by atomic mass is 16.5. The summed E-state index contributed by atoms with van der Waals surface area (Å²) < 4.78 is 4.55. The molecule has 0 spiro atoms. The molecule has 1 atom stereocenters. The van der Waals surface area contributed by atoms with Gasteiger partial charge in [-0.2, -0.15) is 0 Å². The molecule has 0 saturated heterocycles. The molecule has 0 aliphatic carbocycles. The highest BCUT2D eigenvalue weighted by Gasteiger charge is 2.07. The van der Waals surface area contributed by atoms with E-state index in [9.17, 15) is 4.79 Å². The van der Waals surface area contributed by atoms with Gasteiger partial charge in [-0.1, -0.05) is 6.08 Å². The molecule has 0 bridgehead atoms. The number of carbonyl (C=O) groups excluding carboxylic acids is 1. The Morgan fingerprint density at radius 1 is 1.57 bits per heavy atom. The highest BCUT2D eigenvalue weighted by Crippen LogP contribution is 2.02. The zero-order chi connectivity index (χ0) is 11.0. The largest absolute Gasteiger partial charge is 0.462 e. The molecule has 0 radical (unpaired) electrons. The topological polar surface area (TPSA) is 58.6 Å². The molecule has 0 aromatic carbocycles. The minimum atomic E-state index is -0.318. The maximum Gasteiger partial charge on any atom is 0.293 e. The standard InChI is InChI=1S/C5H9NO.C5H10O2/c7-5-2-1-3-6-4-5;1-5(2,3)7-4-6/h1,3,5-7H,2,4H2;4H,1-3H3/t5-;/m0./s1. The van der Waals surface area contributed by atoms with Gasteiger partial charge >= 0.3 is 0 Å². The van der Waals surface area contributed by atoms with Crippen LogP contribution in [0, 0.1) is 0 Å². The number of carbonyl (C=O) groups is 1. The van der Waals surface area contributed by atoms with E-state index in [-0.39, 0.29) is 11.7 Å². The number of hydrogen-bond donors (Lipinski definition) is 2. The highest BCUT2D eigenvalue weighted by molar-refractivity contribution is 5.37. The lowest BCUT2D eigenvalue weighted by Crippen LogP contribution is -2.25. The van der Waals surface area contributed by atoms with Crippen molar-refractivity contribution in [1.82, 2.24) is 5.32 Å². The number of nitrogens with one attached hydrogen (secondary N) is 1. The predicted molar refractivity (Wildman–Crippen MR) is 54.7 cm³/mol. The lowest BCUT2D eigenvalue weighted by Gasteiger charge is -2.14. The fraction of sp³-hybridized carbons (Fsp3) is 0.700. The lowest BCUT2D eigenvalue weighted by molar-refractivity contribution is -0.138. The molecule has 1 aliphatic heterocycles. The van der Waals surface area contributed by atoms with Crippen LogP contribution in [0.2, 0.25) is 0 Å². The lowest BCUT2D eigenvalue weighted by atomic mass is 10.2.